The fourth-order valence-electron chi connectivity index (χ4n) is 0.0586. The minimum atomic E-state index is -1.58. The molecule has 0 radical (unpaired) electrons. The Morgan fingerprint density at radius 3 is 2.50 bits per heavy atom. The first-order valence-corrected chi connectivity index (χ1v) is 4.83. The monoisotopic (exact) mass is 141 g/mol. The highest BCUT2D eigenvalue weighted by molar-refractivity contribution is 8.59. The van der Waals surface area contributed by atoms with Crippen molar-refractivity contribution in [3.63, 3.8) is 0 Å². The van der Waals surface area contributed by atoms with Gasteiger partial charge in [0.2, 0.25) is 11.2 Å². The Kier molecular flexibility index (Phi) is 3.96. The molecule has 0 aromatic heterocycles. The molecule has 0 aromatic rings. The van der Waals surface area contributed by atoms with Crippen LogP contribution in [0.2, 0.25) is 0 Å². The van der Waals surface area contributed by atoms with Crippen LogP contribution in [0.5, 0.6) is 0 Å². The molecule has 0 saturated carbocycles. The van der Waals surface area contributed by atoms with Crippen LogP contribution in [0, 0.1) is 0 Å². The van der Waals surface area contributed by atoms with Gasteiger partial charge in [-0.15, -0.1) is 0 Å². The molecular formula is C2H3ClOPS+. The largest absolute Gasteiger partial charge is 0.533 e. The normalized spacial score (nSPS) is 10.5. The summed E-state index contributed by atoms with van der Waals surface area (Å²) in [5, 5.41) is 1.45. The Morgan fingerprint density at radius 2 is 2.50 bits per heavy atom. The number of rotatable bonds is 2. The van der Waals surface area contributed by atoms with Gasteiger partial charge in [0.05, 0.1) is 0 Å². The van der Waals surface area contributed by atoms with Crippen molar-refractivity contribution in [2.24, 2.45) is 0 Å². The van der Waals surface area contributed by atoms with Crippen LogP contribution in [0.25, 0.3) is 0 Å². The van der Waals surface area contributed by atoms with Gasteiger partial charge in [0.1, 0.15) is 0 Å². The van der Waals surface area contributed by atoms with E-state index in [4.69, 9.17) is 11.2 Å². The molecule has 0 bridgehead atoms. The standard InChI is InChI=1S/C2H3ClOPS/c1-2-6-5(3)4/h2H,1H2/q+1. The van der Waals surface area contributed by atoms with E-state index in [9.17, 15) is 4.57 Å². The minimum Gasteiger partial charge on any atom is -0.0885 e. The zero-order valence-electron chi connectivity index (χ0n) is 2.93. The number of hydrogen-bond donors (Lipinski definition) is 0. The van der Waals surface area contributed by atoms with Crippen LogP contribution in [-0.4, -0.2) is 0 Å². The summed E-state index contributed by atoms with van der Waals surface area (Å²) < 4.78 is 9.85. The fraction of sp³-hybridized carbons (Fsp3) is 0. The second-order valence-electron chi connectivity index (χ2n) is 0.485. The summed E-state index contributed by atoms with van der Waals surface area (Å²) in [5.41, 5.74) is 0. The highest BCUT2D eigenvalue weighted by Gasteiger charge is 2.06. The Hall–Kier alpha value is 0.480. The molecule has 1 atom stereocenters. The van der Waals surface area contributed by atoms with Crippen molar-refractivity contribution < 1.29 is 4.57 Å². The van der Waals surface area contributed by atoms with Gasteiger partial charge in [-0.2, -0.15) is 0 Å². The molecule has 0 amide bonds. The highest BCUT2D eigenvalue weighted by atomic mass is 35.7. The molecule has 0 spiro atoms. The van der Waals surface area contributed by atoms with E-state index in [-0.39, 0.29) is 0 Å². The van der Waals surface area contributed by atoms with Gasteiger partial charge in [0.25, 0.3) is 0 Å². The van der Waals surface area contributed by atoms with E-state index in [0.29, 0.717) is 0 Å². The van der Waals surface area contributed by atoms with E-state index in [1.54, 1.807) is 0 Å². The molecule has 0 N–H and O–H groups in total. The van der Waals surface area contributed by atoms with Gasteiger partial charge < -0.3 is 0 Å². The lowest BCUT2D eigenvalue weighted by molar-refractivity contribution is 0.603. The molecule has 0 aromatic carbocycles. The van der Waals surface area contributed by atoms with E-state index in [1.165, 1.54) is 5.41 Å². The lowest BCUT2D eigenvalue weighted by atomic mass is 11.3. The third-order valence-corrected chi connectivity index (χ3v) is 2.13. The van der Waals surface area contributed by atoms with Crippen LogP contribution < -0.4 is 0 Å². The van der Waals surface area contributed by atoms with Crippen molar-refractivity contribution in [1.82, 2.24) is 0 Å². The third kappa shape index (κ3) is 4.48. The first kappa shape index (κ1) is 6.48. The van der Waals surface area contributed by atoms with Gasteiger partial charge >= 0.3 is 6.36 Å². The second-order valence-corrected chi connectivity index (χ2v) is 4.60. The van der Waals surface area contributed by atoms with Crippen molar-refractivity contribution in [2.75, 3.05) is 0 Å². The first-order valence-electron chi connectivity index (χ1n) is 1.18. The van der Waals surface area contributed by atoms with Crippen molar-refractivity contribution in [3.05, 3.63) is 12.0 Å². The summed E-state index contributed by atoms with van der Waals surface area (Å²) >= 11 is 6.00. The minimum absolute atomic E-state index is 1.02. The van der Waals surface area contributed by atoms with Gasteiger partial charge in [-0.05, 0) is 4.57 Å². The lowest BCUT2D eigenvalue weighted by Crippen LogP contribution is -1.23. The predicted octanol–water partition coefficient (Wildman–Crippen LogP) is 2.76. The van der Waals surface area contributed by atoms with E-state index < -0.39 is 6.36 Å². The van der Waals surface area contributed by atoms with E-state index in [1.807, 2.05) is 0 Å². The predicted molar refractivity (Wildman–Crippen MR) is 31.2 cm³/mol. The SMILES string of the molecule is C=CS[P+](=O)Cl. The average molecular weight is 142 g/mol. The van der Waals surface area contributed by atoms with Gasteiger partial charge in [0.15, 0.2) is 11.4 Å². The maximum absolute atomic E-state index is 9.85. The Balaban J connectivity index is 3.05. The molecule has 0 rings (SSSR count). The van der Waals surface area contributed by atoms with Gasteiger partial charge in [-0.25, -0.2) is 0 Å². The Morgan fingerprint density at radius 1 is 2.00 bits per heavy atom. The average Bonchev–Trinajstić information content (AvgIpc) is 1.35. The molecule has 1 nitrogen and oxygen atoms in total. The van der Waals surface area contributed by atoms with Crippen molar-refractivity contribution in [1.29, 1.82) is 0 Å². The van der Waals surface area contributed by atoms with Gasteiger partial charge in [0, 0.05) is 5.41 Å². The van der Waals surface area contributed by atoms with E-state index >= 15 is 0 Å². The van der Waals surface area contributed by atoms with E-state index in [0.717, 1.165) is 11.4 Å². The summed E-state index contributed by atoms with van der Waals surface area (Å²) in [4.78, 5) is 0. The second kappa shape index (κ2) is 3.66. The quantitative estimate of drug-likeness (QED) is 0.550. The summed E-state index contributed by atoms with van der Waals surface area (Å²) in [6.45, 7) is 3.30. The fourth-order valence-corrected chi connectivity index (χ4v) is 1.03. The van der Waals surface area contributed by atoms with Crippen LogP contribution in [0.1, 0.15) is 0 Å². The number of halogens is 1. The summed E-state index contributed by atoms with van der Waals surface area (Å²) in [6.07, 6.45) is -1.58. The molecule has 34 valence electrons. The molecule has 1 unspecified atom stereocenters. The molecular weight excluding hydrogens is 139 g/mol. The van der Waals surface area contributed by atoms with Gasteiger partial charge in [-0.3, -0.25) is 0 Å². The summed E-state index contributed by atoms with van der Waals surface area (Å²) in [7, 11) is 0. The van der Waals surface area contributed by atoms with Crippen LogP contribution in [0.3, 0.4) is 0 Å². The summed E-state index contributed by atoms with van der Waals surface area (Å²) in [5.74, 6) is 0. The smallest absolute Gasteiger partial charge is 0.0885 e. The molecule has 0 aliphatic rings. The summed E-state index contributed by atoms with van der Waals surface area (Å²) in [6, 6.07) is 0. The topological polar surface area (TPSA) is 17.1 Å². The highest BCUT2D eigenvalue weighted by Crippen LogP contribution is 2.42. The maximum Gasteiger partial charge on any atom is 0.533 e. The molecule has 0 heterocycles. The molecule has 6 heavy (non-hydrogen) atoms. The first-order chi connectivity index (χ1) is 2.77. The zero-order valence-corrected chi connectivity index (χ0v) is 5.39. The zero-order chi connectivity index (χ0) is 4.99. The van der Waals surface area contributed by atoms with Crippen molar-refractivity contribution >= 4 is 29.0 Å². The van der Waals surface area contributed by atoms with Crippen LogP contribution >= 0.6 is 29.0 Å². The molecule has 0 aliphatic heterocycles. The maximum atomic E-state index is 9.85. The molecule has 4 heteroatoms. The number of hydrogen-bond acceptors (Lipinski definition) is 2. The van der Waals surface area contributed by atoms with Gasteiger partial charge in [-0.1, -0.05) is 6.58 Å². The van der Waals surface area contributed by atoms with E-state index in [2.05, 4.69) is 6.58 Å². The Bertz CT molecular complexity index is 73.9. The molecule has 0 saturated heterocycles. The molecule has 0 aliphatic carbocycles. The van der Waals surface area contributed by atoms with Crippen LogP contribution in [0.15, 0.2) is 12.0 Å². The van der Waals surface area contributed by atoms with Crippen molar-refractivity contribution in [2.45, 2.75) is 0 Å². The van der Waals surface area contributed by atoms with Crippen LogP contribution in [-0.2, 0) is 4.57 Å². The van der Waals surface area contributed by atoms with Crippen LogP contribution in [0.4, 0.5) is 0 Å². The van der Waals surface area contributed by atoms with Crippen molar-refractivity contribution in [3.8, 4) is 0 Å². The lowest BCUT2D eigenvalue weighted by Gasteiger charge is -1.53. The third-order valence-electron chi connectivity index (χ3n) is 0.157. The molecule has 0 fully saturated rings. The Labute approximate surface area is 46.1 Å².